The average molecular weight is 314 g/mol. The van der Waals surface area contributed by atoms with Crippen molar-refractivity contribution < 1.29 is 18.7 Å². The molecule has 1 saturated carbocycles. The molecule has 1 saturated heterocycles. The number of methoxy groups -OCH3 is 1. The molecule has 3 unspecified atom stereocenters. The van der Waals surface area contributed by atoms with E-state index >= 15 is 0 Å². The Hall–Kier alpha value is -1.17. The van der Waals surface area contributed by atoms with Crippen LogP contribution in [-0.4, -0.2) is 49.3 Å². The first-order valence-electron chi connectivity index (χ1n) is 7.02. The number of benzene rings is 1. The largest absolute Gasteiger partial charge is 0.377 e. The van der Waals surface area contributed by atoms with E-state index in [1.54, 1.807) is 12.0 Å². The summed E-state index contributed by atoms with van der Waals surface area (Å²) in [6, 6.07) is 4.05. The van der Waals surface area contributed by atoms with Gasteiger partial charge >= 0.3 is 0 Å². The molecule has 2 aliphatic rings. The smallest absolute Gasteiger partial charge is 0.254 e. The maximum absolute atomic E-state index is 13.2. The number of amides is 1. The molecule has 0 radical (unpaired) electrons. The summed E-state index contributed by atoms with van der Waals surface area (Å²) < 4.78 is 24.5. The molecule has 114 valence electrons. The van der Waals surface area contributed by atoms with E-state index in [4.69, 9.17) is 21.1 Å². The van der Waals surface area contributed by atoms with Crippen LogP contribution in [0.3, 0.4) is 0 Å². The molecular weight excluding hydrogens is 297 g/mol. The molecule has 1 aromatic rings. The van der Waals surface area contributed by atoms with Gasteiger partial charge in [0.2, 0.25) is 0 Å². The molecular formula is C15H17ClFNO3. The Morgan fingerprint density at radius 1 is 1.48 bits per heavy atom. The first-order chi connectivity index (χ1) is 10.1. The Morgan fingerprint density at radius 3 is 3.00 bits per heavy atom. The Morgan fingerprint density at radius 2 is 2.29 bits per heavy atom. The molecule has 2 fully saturated rings. The third kappa shape index (κ3) is 2.65. The monoisotopic (exact) mass is 313 g/mol. The number of carbonyl (C=O) groups is 1. The standard InChI is InChI=1S/C15H17ClFNO3/c1-20-14-12-4-5-13(14)21-7-6-18(12)15(19)9-2-3-11(17)10(16)8-9/h2-3,8,12-14H,4-7H2,1H3. The highest BCUT2D eigenvalue weighted by Gasteiger charge is 2.44. The summed E-state index contributed by atoms with van der Waals surface area (Å²) in [6.45, 7) is 0.997. The molecule has 1 heterocycles. The lowest BCUT2D eigenvalue weighted by atomic mass is 10.1. The highest BCUT2D eigenvalue weighted by Crippen LogP contribution is 2.32. The van der Waals surface area contributed by atoms with Gasteiger partial charge in [-0.2, -0.15) is 0 Å². The molecule has 1 aliphatic carbocycles. The van der Waals surface area contributed by atoms with Crippen molar-refractivity contribution in [1.29, 1.82) is 0 Å². The Labute approximate surface area is 127 Å². The van der Waals surface area contributed by atoms with E-state index in [9.17, 15) is 9.18 Å². The predicted octanol–water partition coefficient (Wildman–Crippen LogP) is 2.50. The maximum atomic E-state index is 13.2. The molecule has 3 atom stereocenters. The van der Waals surface area contributed by atoms with E-state index < -0.39 is 5.82 Å². The fraction of sp³-hybridized carbons (Fsp3) is 0.533. The first-order valence-corrected chi connectivity index (χ1v) is 7.40. The van der Waals surface area contributed by atoms with Crippen LogP contribution in [0, 0.1) is 5.82 Å². The van der Waals surface area contributed by atoms with Gasteiger partial charge in [0, 0.05) is 19.2 Å². The molecule has 0 aromatic heterocycles. The van der Waals surface area contributed by atoms with Gasteiger partial charge in [-0.05, 0) is 31.0 Å². The molecule has 1 aliphatic heterocycles. The van der Waals surface area contributed by atoms with Crippen LogP contribution in [0.25, 0.3) is 0 Å². The van der Waals surface area contributed by atoms with E-state index in [0.717, 1.165) is 12.8 Å². The molecule has 0 N–H and O–H groups in total. The van der Waals surface area contributed by atoms with Crippen molar-refractivity contribution in [3.8, 4) is 0 Å². The van der Waals surface area contributed by atoms with Crippen molar-refractivity contribution in [2.45, 2.75) is 31.1 Å². The highest BCUT2D eigenvalue weighted by atomic mass is 35.5. The van der Waals surface area contributed by atoms with E-state index in [1.165, 1.54) is 18.2 Å². The van der Waals surface area contributed by atoms with E-state index in [-0.39, 0.29) is 29.2 Å². The molecule has 4 nitrogen and oxygen atoms in total. The molecule has 3 rings (SSSR count). The van der Waals surface area contributed by atoms with Crippen molar-refractivity contribution in [1.82, 2.24) is 4.90 Å². The van der Waals surface area contributed by atoms with Gasteiger partial charge in [-0.15, -0.1) is 0 Å². The number of hydrogen-bond acceptors (Lipinski definition) is 3. The van der Waals surface area contributed by atoms with Crippen molar-refractivity contribution in [2.75, 3.05) is 20.3 Å². The molecule has 2 bridgehead atoms. The quantitative estimate of drug-likeness (QED) is 0.842. The van der Waals surface area contributed by atoms with Crippen LogP contribution >= 0.6 is 11.6 Å². The van der Waals surface area contributed by atoms with Crippen molar-refractivity contribution >= 4 is 17.5 Å². The van der Waals surface area contributed by atoms with Crippen LogP contribution < -0.4 is 0 Å². The lowest BCUT2D eigenvalue weighted by Gasteiger charge is -2.30. The van der Waals surface area contributed by atoms with E-state index in [2.05, 4.69) is 0 Å². The minimum absolute atomic E-state index is 0.00108. The van der Waals surface area contributed by atoms with Crippen molar-refractivity contribution in [2.24, 2.45) is 0 Å². The number of carbonyl (C=O) groups excluding carboxylic acids is 1. The fourth-order valence-corrected chi connectivity index (χ4v) is 3.43. The number of ether oxygens (including phenoxy) is 2. The lowest BCUT2D eigenvalue weighted by molar-refractivity contribution is -0.0316. The SMILES string of the molecule is COC1C2CCC1N(C(=O)c1ccc(F)c(Cl)c1)CCO2. The van der Waals surface area contributed by atoms with Crippen LogP contribution in [0.5, 0.6) is 0 Å². The second-order valence-corrected chi connectivity index (χ2v) is 5.79. The molecule has 1 amide bonds. The minimum Gasteiger partial charge on any atom is -0.377 e. The van der Waals surface area contributed by atoms with Gasteiger partial charge in [-0.25, -0.2) is 4.39 Å². The summed E-state index contributed by atoms with van der Waals surface area (Å²) >= 11 is 5.77. The van der Waals surface area contributed by atoms with Crippen molar-refractivity contribution in [3.63, 3.8) is 0 Å². The third-order valence-electron chi connectivity index (χ3n) is 4.26. The van der Waals surface area contributed by atoms with Crippen LogP contribution in [-0.2, 0) is 9.47 Å². The number of hydrogen-bond donors (Lipinski definition) is 0. The second-order valence-electron chi connectivity index (χ2n) is 5.38. The summed E-state index contributed by atoms with van der Waals surface area (Å²) in [5.41, 5.74) is 0.390. The number of fused-ring (bicyclic) bond motifs is 2. The van der Waals surface area contributed by atoms with Gasteiger partial charge in [0.15, 0.2) is 0 Å². The Kier molecular flexibility index (Phi) is 4.15. The molecule has 21 heavy (non-hydrogen) atoms. The van der Waals surface area contributed by atoms with Crippen LogP contribution in [0.15, 0.2) is 18.2 Å². The highest BCUT2D eigenvalue weighted by molar-refractivity contribution is 6.31. The van der Waals surface area contributed by atoms with Crippen LogP contribution in [0.1, 0.15) is 23.2 Å². The topological polar surface area (TPSA) is 38.8 Å². The zero-order valence-corrected chi connectivity index (χ0v) is 12.5. The Bertz CT molecular complexity index is 554. The third-order valence-corrected chi connectivity index (χ3v) is 4.55. The normalized spacial score (nSPS) is 28.5. The molecule has 0 spiro atoms. The predicted molar refractivity (Wildman–Crippen MR) is 76.0 cm³/mol. The van der Waals surface area contributed by atoms with Gasteiger partial charge in [0.05, 0.1) is 23.8 Å². The zero-order valence-electron chi connectivity index (χ0n) is 11.7. The molecule has 6 heteroatoms. The van der Waals surface area contributed by atoms with Gasteiger partial charge in [-0.3, -0.25) is 4.79 Å². The van der Waals surface area contributed by atoms with Gasteiger partial charge in [-0.1, -0.05) is 11.6 Å². The first kappa shape index (κ1) is 14.8. The average Bonchev–Trinajstić information content (AvgIpc) is 2.77. The summed E-state index contributed by atoms with van der Waals surface area (Å²) in [6.07, 6.45) is 1.68. The minimum atomic E-state index is -0.525. The summed E-state index contributed by atoms with van der Waals surface area (Å²) in [7, 11) is 1.64. The van der Waals surface area contributed by atoms with Gasteiger partial charge in [0.1, 0.15) is 11.9 Å². The van der Waals surface area contributed by atoms with Crippen LogP contribution in [0.2, 0.25) is 5.02 Å². The Balaban J connectivity index is 1.87. The van der Waals surface area contributed by atoms with E-state index in [0.29, 0.717) is 18.7 Å². The summed E-state index contributed by atoms with van der Waals surface area (Å²) in [5, 5.41) is -0.0421. The zero-order chi connectivity index (χ0) is 15.0. The number of nitrogens with zero attached hydrogens (tertiary/aromatic N) is 1. The number of rotatable bonds is 2. The molecule has 1 aromatic carbocycles. The maximum Gasteiger partial charge on any atom is 0.254 e. The van der Waals surface area contributed by atoms with Gasteiger partial charge in [0.25, 0.3) is 5.91 Å². The summed E-state index contributed by atoms with van der Waals surface area (Å²) in [5.74, 6) is -0.682. The summed E-state index contributed by atoms with van der Waals surface area (Å²) in [4.78, 5) is 14.5. The van der Waals surface area contributed by atoms with Crippen LogP contribution in [0.4, 0.5) is 4.39 Å². The van der Waals surface area contributed by atoms with Gasteiger partial charge < -0.3 is 14.4 Å². The fourth-order valence-electron chi connectivity index (χ4n) is 3.25. The number of halogens is 2. The lowest BCUT2D eigenvalue weighted by Crippen LogP contribution is -2.46. The van der Waals surface area contributed by atoms with Crippen molar-refractivity contribution in [3.05, 3.63) is 34.6 Å². The van der Waals surface area contributed by atoms with E-state index in [1.807, 2.05) is 0 Å². The second kappa shape index (κ2) is 5.91.